The lowest BCUT2D eigenvalue weighted by Gasteiger charge is -2.24. The number of fused-ring (bicyclic) bond motifs is 1. The van der Waals surface area contributed by atoms with Crippen LogP contribution in [0.3, 0.4) is 0 Å². The minimum Gasteiger partial charge on any atom is -0.364 e. The average molecular weight is 353 g/mol. The fraction of sp³-hybridized carbons (Fsp3) is 0.286. The van der Waals surface area contributed by atoms with Crippen molar-refractivity contribution in [3.8, 4) is 0 Å². The van der Waals surface area contributed by atoms with Gasteiger partial charge in [-0.1, -0.05) is 11.3 Å². The van der Waals surface area contributed by atoms with Gasteiger partial charge in [-0.2, -0.15) is 0 Å². The van der Waals surface area contributed by atoms with E-state index in [0.29, 0.717) is 13.0 Å². The number of rotatable bonds is 4. The number of nitrogens with zero attached hydrogens (tertiary/aromatic N) is 2. The molecule has 0 amide bonds. The van der Waals surface area contributed by atoms with Gasteiger partial charge in [0.25, 0.3) is 0 Å². The van der Waals surface area contributed by atoms with E-state index in [0.717, 1.165) is 28.2 Å². The van der Waals surface area contributed by atoms with Crippen molar-refractivity contribution in [2.45, 2.75) is 30.8 Å². The Balaban J connectivity index is 1.89. The lowest BCUT2D eigenvalue weighted by Crippen LogP contribution is -2.28. The molecule has 0 bridgehead atoms. The summed E-state index contributed by atoms with van der Waals surface area (Å²) in [6.07, 6.45) is 0.713. The highest BCUT2D eigenvalue weighted by molar-refractivity contribution is 7.89. The fourth-order valence-electron chi connectivity index (χ4n) is 2.83. The molecule has 122 valence electrons. The summed E-state index contributed by atoms with van der Waals surface area (Å²) in [6, 6.07) is 6.61. The van der Waals surface area contributed by atoms with Gasteiger partial charge in [-0.3, -0.25) is 10.1 Å². The predicted octanol–water partition coefficient (Wildman–Crippen LogP) is 2.25. The van der Waals surface area contributed by atoms with Crippen LogP contribution in [0.25, 0.3) is 0 Å². The first-order valence-electron chi connectivity index (χ1n) is 6.90. The Kier molecular flexibility index (Phi) is 3.86. The summed E-state index contributed by atoms with van der Waals surface area (Å²) in [6.45, 7) is 2.59. The molecular formula is C14H15N3O4S2. The van der Waals surface area contributed by atoms with Gasteiger partial charge >= 0.3 is 5.00 Å². The lowest BCUT2D eigenvalue weighted by molar-refractivity contribution is -0.380. The van der Waals surface area contributed by atoms with E-state index in [4.69, 9.17) is 5.14 Å². The molecule has 0 unspecified atom stereocenters. The summed E-state index contributed by atoms with van der Waals surface area (Å²) in [5, 5.41) is 17.9. The molecule has 0 saturated carbocycles. The average Bonchev–Trinajstić information content (AvgIpc) is 3.03. The van der Waals surface area contributed by atoms with Gasteiger partial charge in [-0.05, 0) is 42.7 Å². The van der Waals surface area contributed by atoms with Crippen LogP contribution in [0, 0.1) is 10.1 Å². The number of benzene rings is 1. The summed E-state index contributed by atoms with van der Waals surface area (Å²) in [5.74, 6) is 0. The standard InChI is InChI=1S/C14H15N3O4S2/c1-9-4-11-6-12(23(15,20)21)2-3-13(11)16(9)7-10-5-14(17(18)19)22-8-10/h2-3,5-6,8-9H,4,7H2,1H3,(H2,15,20,21)/t9-/m0/s1. The molecule has 1 aliphatic heterocycles. The van der Waals surface area contributed by atoms with Gasteiger partial charge in [0.2, 0.25) is 10.0 Å². The Morgan fingerprint density at radius 2 is 2.17 bits per heavy atom. The molecule has 0 fully saturated rings. The molecule has 7 nitrogen and oxygen atoms in total. The Hall–Kier alpha value is -1.97. The number of anilines is 1. The van der Waals surface area contributed by atoms with Crippen LogP contribution >= 0.6 is 11.3 Å². The van der Waals surface area contributed by atoms with E-state index in [1.165, 1.54) is 6.07 Å². The molecule has 0 radical (unpaired) electrons. The van der Waals surface area contributed by atoms with E-state index >= 15 is 0 Å². The molecule has 23 heavy (non-hydrogen) atoms. The lowest BCUT2D eigenvalue weighted by atomic mass is 10.1. The number of nitrogens with two attached hydrogens (primary N) is 1. The third-order valence-electron chi connectivity index (χ3n) is 3.91. The summed E-state index contributed by atoms with van der Waals surface area (Å²) in [4.78, 5) is 12.6. The number of hydrogen-bond donors (Lipinski definition) is 1. The Bertz CT molecular complexity index is 876. The van der Waals surface area contributed by atoms with E-state index in [2.05, 4.69) is 4.90 Å². The van der Waals surface area contributed by atoms with Crippen molar-refractivity contribution in [3.05, 3.63) is 50.9 Å². The highest BCUT2D eigenvalue weighted by atomic mass is 32.2. The van der Waals surface area contributed by atoms with Crippen molar-refractivity contribution in [1.29, 1.82) is 0 Å². The fourth-order valence-corrected chi connectivity index (χ4v) is 4.11. The first-order valence-corrected chi connectivity index (χ1v) is 9.32. The number of thiophene rings is 1. The number of hydrogen-bond acceptors (Lipinski definition) is 6. The van der Waals surface area contributed by atoms with E-state index in [9.17, 15) is 18.5 Å². The van der Waals surface area contributed by atoms with Crippen LogP contribution in [0.2, 0.25) is 0 Å². The van der Waals surface area contributed by atoms with E-state index < -0.39 is 14.9 Å². The number of primary sulfonamides is 1. The summed E-state index contributed by atoms with van der Waals surface area (Å²) in [7, 11) is -3.72. The van der Waals surface area contributed by atoms with Crippen LogP contribution in [0.5, 0.6) is 0 Å². The number of sulfonamides is 1. The van der Waals surface area contributed by atoms with Gasteiger partial charge in [0, 0.05) is 29.7 Å². The third kappa shape index (κ3) is 3.07. The van der Waals surface area contributed by atoms with Crippen LogP contribution in [-0.4, -0.2) is 19.4 Å². The van der Waals surface area contributed by atoms with Crippen LogP contribution < -0.4 is 10.0 Å². The topological polar surface area (TPSA) is 107 Å². The quantitative estimate of drug-likeness (QED) is 0.670. The summed E-state index contributed by atoms with van der Waals surface area (Å²) in [5.41, 5.74) is 2.74. The summed E-state index contributed by atoms with van der Waals surface area (Å²) >= 11 is 1.11. The van der Waals surface area contributed by atoms with Gasteiger partial charge in [0.1, 0.15) is 0 Å². The highest BCUT2D eigenvalue weighted by Crippen LogP contribution is 2.35. The maximum absolute atomic E-state index is 11.5. The first-order chi connectivity index (χ1) is 10.8. The van der Waals surface area contributed by atoms with E-state index in [1.807, 2.05) is 6.92 Å². The van der Waals surface area contributed by atoms with Crippen LogP contribution in [0.1, 0.15) is 18.1 Å². The van der Waals surface area contributed by atoms with Gasteiger partial charge in [0.05, 0.1) is 9.82 Å². The van der Waals surface area contributed by atoms with Gasteiger partial charge in [-0.15, -0.1) is 0 Å². The van der Waals surface area contributed by atoms with E-state index in [-0.39, 0.29) is 15.9 Å². The molecule has 0 saturated heterocycles. The second kappa shape index (κ2) is 5.59. The molecule has 1 aliphatic rings. The maximum atomic E-state index is 11.5. The number of nitro groups is 1. The molecule has 2 N–H and O–H groups in total. The van der Waals surface area contributed by atoms with Gasteiger partial charge in [0.15, 0.2) is 0 Å². The molecule has 1 atom stereocenters. The molecule has 1 aromatic carbocycles. The Morgan fingerprint density at radius 1 is 1.43 bits per heavy atom. The molecular weight excluding hydrogens is 338 g/mol. The van der Waals surface area contributed by atoms with Crippen LogP contribution in [-0.2, 0) is 23.0 Å². The molecule has 0 aliphatic carbocycles. The first kappa shape index (κ1) is 15.9. The normalized spacial score (nSPS) is 17.3. The molecule has 2 heterocycles. The van der Waals surface area contributed by atoms with Crippen molar-refractivity contribution in [1.82, 2.24) is 0 Å². The minimum atomic E-state index is -3.72. The van der Waals surface area contributed by atoms with Crippen molar-refractivity contribution < 1.29 is 13.3 Å². The second-order valence-corrected chi connectivity index (χ2v) is 8.02. The molecule has 2 aromatic rings. The van der Waals surface area contributed by atoms with Gasteiger partial charge < -0.3 is 4.90 Å². The monoisotopic (exact) mass is 353 g/mol. The smallest absolute Gasteiger partial charge is 0.324 e. The zero-order valence-electron chi connectivity index (χ0n) is 12.3. The van der Waals surface area contributed by atoms with Crippen molar-refractivity contribution in [2.24, 2.45) is 5.14 Å². The SMILES string of the molecule is C[C@H]1Cc2cc(S(N)(=O)=O)ccc2N1Cc1csc([N+](=O)[O-])c1. The zero-order chi connectivity index (χ0) is 16.8. The molecule has 3 rings (SSSR count). The van der Waals surface area contributed by atoms with Crippen LogP contribution in [0.4, 0.5) is 10.7 Å². The van der Waals surface area contributed by atoms with Crippen LogP contribution in [0.15, 0.2) is 34.5 Å². The highest BCUT2D eigenvalue weighted by Gasteiger charge is 2.28. The van der Waals surface area contributed by atoms with Crippen molar-refractivity contribution in [3.63, 3.8) is 0 Å². The maximum Gasteiger partial charge on any atom is 0.324 e. The second-order valence-electron chi connectivity index (χ2n) is 5.57. The van der Waals surface area contributed by atoms with Crippen molar-refractivity contribution >= 4 is 32.0 Å². The third-order valence-corrected chi connectivity index (χ3v) is 5.75. The molecule has 9 heteroatoms. The minimum absolute atomic E-state index is 0.108. The zero-order valence-corrected chi connectivity index (χ0v) is 13.9. The predicted molar refractivity (Wildman–Crippen MR) is 88.1 cm³/mol. The molecule has 0 spiro atoms. The molecule has 1 aromatic heterocycles. The Morgan fingerprint density at radius 3 is 2.78 bits per heavy atom. The van der Waals surface area contributed by atoms with Gasteiger partial charge in [-0.25, -0.2) is 13.6 Å². The Labute approximate surface area is 137 Å². The largest absolute Gasteiger partial charge is 0.364 e. The summed E-state index contributed by atoms with van der Waals surface area (Å²) < 4.78 is 22.9. The van der Waals surface area contributed by atoms with Crippen molar-refractivity contribution in [2.75, 3.05) is 4.90 Å². The van der Waals surface area contributed by atoms with E-state index in [1.54, 1.807) is 23.6 Å².